The summed E-state index contributed by atoms with van der Waals surface area (Å²) in [5.41, 5.74) is 7.35. The molecule has 1 unspecified atom stereocenters. The molecule has 3 N–H and O–H groups in total. The van der Waals surface area contributed by atoms with Crippen molar-refractivity contribution in [2.24, 2.45) is 5.92 Å². The van der Waals surface area contributed by atoms with Gasteiger partial charge in [0.1, 0.15) is 0 Å². The van der Waals surface area contributed by atoms with Gasteiger partial charge in [0.15, 0.2) is 0 Å². The van der Waals surface area contributed by atoms with E-state index in [4.69, 9.17) is 5.21 Å². The largest absolute Gasteiger partial charge is 0.361 e. The van der Waals surface area contributed by atoms with Crippen molar-refractivity contribution in [3.05, 3.63) is 77.0 Å². The van der Waals surface area contributed by atoms with E-state index in [1.807, 2.05) is 12.1 Å². The van der Waals surface area contributed by atoms with Crippen molar-refractivity contribution in [3.8, 4) is 0 Å². The average molecular weight is 458 g/mol. The number of nitrogens with one attached hydrogen (secondary N) is 2. The molecule has 0 saturated heterocycles. The summed E-state index contributed by atoms with van der Waals surface area (Å²) in [6.45, 7) is 0.708. The molecule has 2 aliphatic rings. The number of hydrogen-bond acceptors (Lipinski definition) is 3. The number of hydrogen-bond donors (Lipinski definition) is 3. The zero-order valence-corrected chi connectivity index (χ0v) is 19.3. The summed E-state index contributed by atoms with van der Waals surface area (Å²) in [7, 11) is 0. The number of para-hydroxylation sites is 1. The SMILES string of the molecule is O=C(/C=C/c1ccc2c(c1)CCC2N(CCc1c[nH]c2ccccc12)C(=O)C1CCCC1)NO. The van der Waals surface area contributed by atoms with E-state index in [0.717, 1.165) is 56.0 Å². The molecule has 34 heavy (non-hydrogen) atoms. The van der Waals surface area contributed by atoms with Gasteiger partial charge in [-0.1, -0.05) is 49.2 Å². The Morgan fingerprint density at radius 1 is 1.12 bits per heavy atom. The van der Waals surface area contributed by atoms with Crippen LogP contribution in [0.1, 0.15) is 60.4 Å². The van der Waals surface area contributed by atoms with Crippen LogP contribution in [-0.2, 0) is 22.4 Å². The molecule has 1 aromatic heterocycles. The van der Waals surface area contributed by atoms with Crippen molar-refractivity contribution in [2.75, 3.05) is 6.54 Å². The normalized spacial score (nSPS) is 18.0. The Morgan fingerprint density at radius 2 is 1.94 bits per heavy atom. The Bertz CT molecular complexity index is 1220. The summed E-state index contributed by atoms with van der Waals surface area (Å²) < 4.78 is 0. The Kier molecular flexibility index (Phi) is 6.50. The highest BCUT2D eigenvalue weighted by Crippen LogP contribution is 2.39. The standard InChI is InChI=1S/C28H31N3O3/c32-27(30-34)14-10-19-9-12-24-21(17-19)11-13-26(24)31(28(33)20-5-1-2-6-20)16-15-22-18-29-25-8-4-3-7-23(22)25/h3-4,7-10,12,14,17-18,20,26,29,34H,1-2,5-6,11,13,15-16H2,(H,30,32)/b14-10+. The predicted molar refractivity (Wildman–Crippen MR) is 132 cm³/mol. The first-order valence-corrected chi connectivity index (χ1v) is 12.2. The number of rotatable bonds is 7. The topological polar surface area (TPSA) is 85.4 Å². The highest BCUT2D eigenvalue weighted by atomic mass is 16.5. The van der Waals surface area contributed by atoms with Crippen molar-refractivity contribution < 1.29 is 14.8 Å². The fraction of sp³-hybridized carbons (Fsp3) is 0.357. The first kappa shape index (κ1) is 22.4. The quantitative estimate of drug-likeness (QED) is 0.267. The minimum Gasteiger partial charge on any atom is -0.361 e. The van der Waals surface area contributed by atoms with Gasteiger partial charge >= 0.3 is 0 Å². The van der Waals surface area contributed by atoms with Gasteiger partial charge in [0, 0.05) is 35.6 Å². The Hall–Kier alpha value is -3.38. The van der Waals surface area contributed by atoms with Crippen LogP contribution in [-0.4, -0.2) is 33.5 Å². The van der Waals surface area contributed by atoms with Gasteiger partial charge in [-0.3, -0.25) is 14.8 Å². The summed E-state index contributed by atoms with van der Waals surface area (Å²) in [6, 6.07) is 14.6. The Labute approximate surface area is 199 Å². The van der Waals surface area contributed by atoms with Crippen LogP contribution in [0.3, 0.4) is 0 Å². The highest BCUT2D eigenvalue weighted by Gasteiger charge is 2.35. The van der Waals surface area contributed by atoms with Crippen LogP contribution in [0, 0.1) is 5.92 Å². The van der Waals surface area contributed by atoms with E-state index in [1.165, 1.54) is 28.2 Å². The average Bonchev–Trinajstić information content (AvgIpc) is 3.63. The van der Waals surface area contributed by atoms with Gasteiger partial charge in [0.2, 0.25) is 5.91 Å². The maximum absolute atomic E-state index is 13.7. The molecule has 2 aliphatic carbocycles. The number of carbonyl (C=O) groups excluding carboxylic acids is 2. The van der Waals surface area contributed by atoms with Crippen molar-refractivity contribution in [2.45, 2.75) is 51.0 Å². The van der Waals surface area contributed by atoms with Crippen LogP contribution < -0.4 is 5.48 Å². The molecule has 6 heteroatoms. The van der Waals surface area contributed by atoms with E-state index in [9.17, 15) is 9.59 Å². The van der Waals surface area contributed by atoms with Crippen molar-refractivity contribution in [3.63, 3.8) is 0 Å². The van der Waals surface area contributed by atoms with E-state index in [1.54, 1.807) is 11.6 Å². The van der Waals surface area contributed by atoms with Crippen molar-refractivity contribution >= 4 is 28.8 Å². The number of aromatic nitrogens is 1. The van der Waals surface area contributed by atoms with E-state index >= 15 is 0 Å². The summed E-state index contributed by atoms with van der Waals surface area (Å²) >= 11 is 0. The molecular weight excluding hydrogens is 426 g/mol. The molecule has 1 fully saturated rings. The fourth-order valence-corrected chi connectivity index (χ4v) is 5.66. The first-order valence-electron chi connectivity index (χ1n) is 12.2. The number of fused-ring (bicyclic) bond motifs is 2. The van der Waals surface area contributed by atoms with Gasteiger partial charge in [-0.05, 0) is 66.5 Å². The molecule has 2 amide bonds. The lowest BCUT2D eigenvalue weighted by Crippen LogP contribution is -2.39. The summed E-state index contributed by atoms with van der Waals surface area (Å²) in [6.07, 6.45) is 12.0. The van der Waals surface area contributed by atoms with Crippen LogP contribution in [0.15, 0.2) is 54.7 Å². The zero-order valence-electron chi connectivity index (χ0n) is 19.3. The molecule has 1 atom stereocenters. The molecule has 0 aliphatic heterocycles. The van der Waals surface area contributed by atoms with Crippen LogP contribution in [0.25, 0.3) is 17.0 Å². The summed E-state index contributed by atoms with van der Waals surface area (Å²) in [5.74, 6) is -0.103. The van der Waals surface area contributed by atoms with Crippen LogP contribution >= 0.6 is 0 Å². The first-order chi connectivity index (χ1) is 16.6. The van der Waals surface area contributed by atoms with E-state index < -0.39 is 5.91 Å². The summed E-state index contributed by atoms with van der Waals surface area (Å²) in [5, 5.41) is 9.92. The van der Waals surface area contributed by atoms with Gasteiger partial charge in [-0.2, -0.15) is 0 Å². The molecular formula is C28H31N3O3. The van der Waals surface area contributed by atoms with Gasteiger partial charge in [0.25, 0.3) is 5.91 Å². The third-order valence-electron chi connectivity index (χ3n) is 7.41. The van der Waals surface area contributed by atoms with Crippen molar-refractivity contribution in [1.82, 2.24) is 15.4 Å². The second-order valence-electron chi connectivity index (χ2n) is 9.44. The molecule has 3 aromatic rings. The number of aryl methyl sites for hydroxylation is 1. The number of hydroxylamine groups is 1. The number of H-pyrrole nitrogens is 1. The van der Waals surface area contributed by atoms with Crippen LogP contribution in [0.4, 0.5) is 0 Å². The second-order valence-corrected chi connectivity index (χ2v) is 9.44. The third-order valence-corrected chi connectivity index (χ3v) is 7.41. The van der Waals surface area contributed by atoms with E-state index in [0.29, 0.717) is 12.5 Å². The third kappa shape index (κ3) is 4.50. The lowest BCUT2D eigenvalue weighted by Gasteiger charge is -2.32. The number of carbonyl (C=O) groups is 2. The van der Waals surface area contributed by atoms with Crippen LogP contribution in [0.5, 0.6) is 0 Å². The fourth-order valence-electron chi connectivity index (χ4n) is 5.66. The molecule has 176 valence electrons. The molecule has 0 radical (unpaired) electrons. The van der Waals surface area contributed by atoms with Gasteiger partial charge in [0.05, 0.1) is 6.04 Å². The number of amides is 2. The smallest absolute Gasteiger partial charge is 0.267 e. The molecule has 0 bridgehead atoms. The lowest BCUT2D eigenvalue weighted by atomic mass is 10.00. The number of benzene rings is 2. The van der Waals surface area contributed by atoms with Crippen LogP contribution in [0.2, 0.25) is 0 Å². The second kappa shape index (κ2) is 9.85. The van der Waals surface area contributed by atoms with E-state index in [-0.39, 0.29) is 12.0 Å². The molecule has 0 spiro atoms. The lowest BCUT2D eigenvalue weighted by molar-refractivity contribution is -0.138. The molecule has 1 heterocycles. The van der Waals surface area contributed by atoms with Gasteiger partial charge in [-0.15, -0.1) is 0 Å². The van der Waals surface area contributed by atoms with Crippen molar-refractivity contribution in [1.29, 1.82) is 0 Å². The highest BCUT2D eigenvalue weighted by molar-refractivity contribution is 5.90. The molecule has 2 aromatic carbocycles. The minimum atomic E-state index is -0.552. The van der Waals surface area contributed by atoms with Gasteiger partial charge < -0.3 is 9.88 Å². The van der Waals surface area contributed by atoms with E-state index in [2.05, 4.69) is 46.4 Å². The minimum absolute atomic E-state index is 0.0899. The Morgan fingerprint density at radius 3 is 2.76 bits per heavy atom. The molecule has 6 nitrogen and oxygen atoms in total. The van der Waals surface area contributed by atoms with Gasteiger partial charge in [-0.25, -0.2) is 5.48 Å². The monoisotopic (exact) mass is 457 g/mol. The maximum atomic E-state index is 13.7. The number of nitrogens with zero attached hydrogens (tertiary/aromatic N) is 1. The molecule has 5 rings (SSSR count). The molecule has 1 saturated carbocycles. The maximum Gasteiger partial charge on any atom is 0.267 e. The number of aromatic amines is 1. The Balaban J connectivity index is 1.39. The summed E-state index contributed by atoms with van der Waals surface area (Å²) in [4.78, 5) is 30.5. The zero-order chi connectivity index (χ0) is 23.5. The predicted octanol–water partition coefficient (Wildman–Crippen LogP) is 4.94.